The molecule has 2 aromatic heterocycles. The summed E-state index contributed by atoms with van der Waals surface area (Å²) in [4.78, 5) is 11.5. The molecule has 1 aromatic carbocycles. The standard InChI is InChI=1S/C22H26N2OS/c1-13-9-15(22(3,4)5)10-14(2)17(13)11-25-20-19-16-7-6-8-18(16)26-21(19)24-12-23-20/h9-10,12H,6-8,11H2,1-5H3. The lowest BCUT2D eigenvalue weighted by atomic mass is 9.84. The van der Waals surface area contributed by atoms with Crippen molar-refractivity contribution in [2.24, 2.45) is 0 Å². The van der Waals surface area contributed by atoms with Crippen LogP contribution in [0.5, 0.6) is 5.88 Å². The second-order valence-electron chi connectivity index (χ2n) is 8.34. The molecule has 4 rings (SSSR count). The summed E-state index contributed by atoms with van der Waals surface area (Å²) in [5, 5.41) is 1.15. The lowest BCUT2D eigenvalue weighted by Gasteiger charge is -2.22. The predicted molar refractivity (Wildman–Crippen MR) is 108 cm³/mol. The van der Waals surface area contributed by atoms with Crippen LogP contribution in [0.4, 0.5) is 0 Å². The van der Waals surface area contributed by atoms with Crippen LogP contribution in [0, 0.1) is 13.8 Å². The normalized spacial score (nSPS) is 14.0. The molecular weight excluding hydrogens is 340 g/mol. The number of thiophene rings is 1. The third-order valence-electron chi connectivity index (χ3n) is 5.38. The first-order valence-corrected chi connectivity index (χ1v) is 10.1. The van der Waals surface area contributed by atoms with Crippen LogP contribution < -0.4 is 4.74 Å². The molecule has 0 fully saturated rings. The molecule has 4 heteroatoms. The topological polar surface area (TPSA) is 35.0 Å². The molecular formula is C22H26N2OS. The van der Waals surface area contributed by atoms with Crippen LogP contribution in [0.15, 0.2) is 18.5 Å². The molecule has 1 aliphatic rings. The van der Waals surface area contributed by atoms with E-state index in [1.807, 2.05) is 0 Å². The van der Waals surface area contributed by atoms with Gasteiger partial charge in [-0.15, -0.1) is 11.3 Å². The first-order chi connectivity index (χ1) is 12.3. The molecule has 3 aromatic rings. The molecule has 0 radical (unpaired) electrons. The van der Waals surface area contributed by atoms with Crippen molar-refractivity contribution >= 4 is 21.6 Å². The molecule has 136 valence electrons. The second-order valence-corrected chi connectivity index (χ2v) is 9.43. The monoisotopic (exact) mass is 366 g/mol. The number of ether oxygens (including phenoxy) is 1. The van der Waals surface area contributed by atoms with Gasteiger partial charge >= 0.3 is 0 Å². The van der Waals surface area contributed by atoms with Gasteiger partial charge in [0.1, 0.15) is 17.8 Å². The molecule has 0 N–H and O–H groups in total. The van der Waals surface area contributed by atoms with Crippen LogP contribution in [-0.2, 0) is 24.9 Å². The molecule has 0 spiro atoms. The zero-order valence-electron chi connectivity index (χ0n) is 16.3. The molecule has 0 saturated carbocycles. The summed E-state index contributed by atoms with van der Waals surface area (Å²) in [5.74, 6) is 0.744. The fourth-order valence-corrected chi connectivity index (χ4v) is 5.02. The molecule has 0 atom stereocenters. The van der Waals surface area contributed by atoms with Crippen molar-refractivity contribution < 1.29 is 4.74 Å². The number of hydrogen-bond donors (Lipinski definition) is 0. The van der Waals surface area contributed by atoms with Crippen molar-refractivity contribution in [2.75, 3.05) is 0 Å². The van der Waals surface area contributed by atoms with Crippen LogP contribution in [0.2, 0.25) is 0 Å². The van der Waals surface area contributed by atoms with E-state index in [1.54, 1.807) is 17.7 Å². The average Bonchev–Trinajstić information content (AvgIpc) is 3.13. The van der Waals surface area contributed by atoms with E-state index in [9.17, 15) is 0 Å². The van der Waals surface area contributed by atoms with E-state index in [-0.39, 0.29) is 5.41 Å². The summed E-state index contributed by atoms with van der Waals surface area (Å²) in [6.45, 7) is 11.7. The van der Waals surface area contributed by atoms with Crippen LogP contribution in [-0.4, -0.2) is 9.97 Å². The molecule has 0 unspecified atom stereocenters. The van der Waals surface area contributed by atoms with Crippen molar-refractivity contribution in [1.82, 2.24) is 9.97 Å². The highest BCUT2D eigenvalue weighted by Crippen LogP contribution is 2.40. The zero-order chi connectivity index (χ0) is 18.5. The largest absolute Gasteiger partial charge is 0.472 e. The number of aromatic nitrogens is 2. The van der Waals surface area contributed by atoms with Gasteiger partial charge in [0.25, 0.3) is 0 Å². The Labute approximate surface area is 159 Å². The Morgan fingerprint density at radius 1 is 1.08 bits per heavy atom. The van der Waals surface area contributed by atoms with Crippen LogP contribution in [0.1, 0.15) is 59.9 Å². The minimum atomic E-state index is 0.158. The molecule has 3 nitrogen and oxygen atoms in total. The summed E-state index contributed by atoms with van der Waals surface area (Å²) in [7, 11) is 0. The number of rotatable bonds is 3. The van der Waals surface area contributed by atoms with E-state index >= 15 is 0 Å². The van der Waals surface area contributed by atoms with Gasteiger partial charge in [-0.1, -0.05) is 32.9 Å². The van der Waals surface area contributed by atoms with E-state index in [4.69, 9.17) is 4.74 Å². The van der Waals surface area contributed by atoms with Gasteiger partial charge in [0.15, 0.2) is 0 Å². The number of hydrogen-bond acceptors (Lipinski definition) is 4. The van der Waals surface area contributed by atoms with Crippen LogP contribution in [0.25, 0.3) is 10.2 Å². The van der Waals surface area contributed by atoms with E-state index in [2.05, 4.69) is 56.7 Å². The van der Waals surface area contributed by atoms with Crippen LogP contribution >= 0.6 is 11.3 Å². The lowest BCUT2D eigenvalue weighted by Crippen LogP contribution is -2.13. The van der Waals surface area contributed by atoms with Gasteiger partial charge in [0.2, 0.25) is 5.88 Å². The highest BCUT2D eigenvalue weighted by Gasteiger charge is 2.22. The Hall–Kier alpha value is -1.94. The summed E-state index contributed by atoms with van der Waals surface area (Å²) >= 11 is 1.80. The summed E-state index contributed by atoms with van der Waals surface area (Å²) in [6, 6.07) is 4.59. The SMILES string of the molecule is Cc1cc(C(C)(C)C)cc(C)c1COc1ncnc2sc3c(c12)CCC3. The van der Waals surface area contributed by atoms with Crippen LogP contribution in [0.3, 0.4) is 0 Å². The Morgan fingerprint density at radius 2 is 1.81 bits per heavy atom. The van der Waals surface area contributed by atoms with Gasteiger partial charge in [0.05, 0.1) is 5.39 Å². The predicted octanol–water partition coefficient (Wildman–Crippen LogP) is 5.67. The molecule has 0 bridgehead atoms. The smallest absolute Gasteiger partial charge is 0.225 e. The first-order valence-electron chi connectivity index (χ1n) is 9.33. The van der Waals surface area contributed by atoms with Gasteiger partial charge in [-0.2, -0.15) is 0 Å². The number of fused-ring (bicyclic) bond motifs is 3. The maximum atomic E-state index is 6.23. The van der Waals surface area contributed by atoms with E-state index < -0.39 is 0 Å². The van der Waals surface area contributed by atoms with Crippen molar-refractivity contribution in [3.8, 4) is 5.88 Å². The van der Waals surface area contributed by atoms with Gasteiger partial charge in [-0.3, -0.25) is 0 Å². The third kappa shape index (κ3) is 3.01. The third-order valence-corrected chi connectivity index (χ3v) is 6.58. The number of nitrogens with zero attached hydrogens (tertiary/aromatic N) is 2. The Morgan fingerprint density at radius 3 is 2.50 bits per heavy atom. The molecule has 1 aliphatic carbocycles. The molecule has 0 amide bonds. The Kier molecular flexibility index (Phi) is 4.26. The highest BCUT2D eigenvalue weighted by atomic mass is 32.1. The van der Waals surface area contributed by atoms with Crippen molar-refractivity contribution in [2.45, 2.75) is 65.9 Å². The molecule has 2 heterocycles. The maximum Gasteiger partial charge on any atom is 0.225 e. The van der Waals surface area contributed by atoms with Gasteiger partial charge in [-0.25, -0.2) is 9.97 Å². The van der Waals surface area contributed by atoms with Crippen molar-refractivity contribution in [1.29, 1.82) is 0 Å². The fourth-order valence-electron chi connectivity index (χ4n) is 3.80. The summed E-state index contributed by atoms with van der Waals surface area (Å²) in [5.41, 5.74) is 6.78. The second kappa shape index (κ2) is 6.34. The van der Waals surface area contributed by atoms with Crippen molar-refractivity contribution in [3.63, 3.8) is 0 Å². The maximum absolute atomic E-state index is 6.23. The fraction of sp³-hybridized carbons (Fsp3) is 0.455. The first kappa shape index (κ1) is 17.5. The lowest BCUT2D eigenvalue weighted by molar-refractivity contribution is 0.296. The molecule has 0 aliphatic heterocycles. The van der Waals surface area contributed by atoms with Gasteiger partial charge in [0, 0.05) is 4.88 Å². The minimum Gasteiger partial charge on any atom is -0.472 e. The average molecular weight is 367 g/mol. The number of benzene rings is 1. The van der Waals surface area contributed by atoms with Gasteiger partial charge in [-0.05, 0) is 66.3 Å². The quantitative estimate of drug-likeness (QED) is 0.599. The summed E-state index contributed by atoms with van der Waals surface area (Å²) in [6.07, 6.45) is 5.16. The zero-order valence-corrected chi connectivity index (χ0v) is 17.1. The summed E-state index contributed by atoms with van der Waals surface area (Å²) < 4.78 is 6.23. The minimum absolute atomic E-state index is 0.158. The Balaban J connectivity index is 1.65. The highest BCUT2D eigenvalue weighted by molar-refractivity contribution is 7.18. The number of aryl methyl sites for hydroxylation is 4. The Bertz CT molecular complexity index is 959. The van der Waals surface area contributed by atoms with E-state index in [0.29, 0.717) is 6.61 Å². The molecule has 26 heavy (non-hydrogen) atoms. The van der Waals surface area contributed by atoms with E-state index in [1.165, 1.54) is 45.5 Å². The van der Waals surface area contributed by atoms with Crippen molar-refractivity contribution in [3.05, 3.63) is 51.2 Å². The van der Waals surface area contributed by atoms with Gasteiger partial charge < -0.3 is 4.74 Å². The van der Waals surface area contributed by atoms with E-state index in [0.717, 1.165) is 22.5 Å². The molecule has 0 saturated heterocycles.